The third-order valence-electron chi connectivity index (χ3n) is 1.33. The summed E-state index contributed by atoms with van der Waals surface area (Å²) in [6.07, 6.45) is 0. The Morgan fingerprint density at radius 3 is 2.00 bits per heavy atom. The first-order chi connectivity index (χ1) is 6.72. The highest BCUT2D eigenvalue weighted by Gasteiger charge is 2.48. The second-order valence-corrected chi connectivity index (χ2v) is 4.01. The van der Waals surface area contributed by atoms with Gasteiger partial charge < -0.3 is 9.29 Å². The van der Waals surface area contributed by atoms with Crippen LogP contribution in [-0.2, 0) is 10.1 Å². The molecule has 0 radical (unpaired) electrons. The molecule has 0 aliphatic heterocycles. The number of alkyl halides is 3. The van der Waals surface area contributed by atoms with Crippen molar-refractivity contribution in [3.63, 3.8) is 0 Å². The van der Waals surface area contributed by atoms with Gasteiger partial charge in [0.2, 0.25) is 0 Å². The Bertz CT molecular complexity index is 434. The Kier molecular flexibility index (Phi) is 2.80. The summed E-state index contributed by atoms with van der Waals surface area (Å²) < 4.78 is 60.3. The smallest absolute Gasteiger partial charge is 0.508 e. The number of halogens is 3. The first kappa shape index (κ1) is 11.6. The lowest BCUT2D eigenvalue weighted by Crippen LogP contribution is -2.27. The Balaban J connectivity index is 2.93. The van der Waals surface area contributed by atoms with Crippen molar-refractivity contribution >= 4 is 10.1 Å². The molecule has 15 heavy (non-hydrogen) atoms. The van der Waals surface area contributed by atoms with Crippen LogP contribution in [0.5, 0.6) is 11.5 Å². The molecule has 84 valence electrons. The van der Waals surface area contributed by atoms with E-state index in [9.17, 15) is 21.6 Å². The van der Waals surface area contributed by atoms with Crippen molar-refractivity contribution in [1.82, 2.24) is 0 Å². The van der Waals surface area contributed by atoms with Crippen LogP contribution in [0, 0.1) is 0 Å². The SMILES string of the molecule is O=S(=O)(Oc1ccc(O)cc1)C(F)(F)F. The second kappa shape index (κ2) is 3.61. The van der Waals surface area contributed by atoms with Gasteiger partial charge in [-0.2, -0.15) is 21.6 Å². The molecular weight excluding hydrogens is 237 g/mol. The number of rotatable bonds is 2. The van der Waals surface area contributed by atoms with Crippen LogP contribution >= 0.6 is 0 Å². The van der Waals surface area contributed by atoms with Crippen molar-refractivity contribution in [2.45, 2.75) is 5.51 Å². The van der Waals surface area contributed by atoms with E-state index in [-0.39, 0.29) is 5.75 Å². The van der Waals surface area contributed by atoms with Crippen molar-refractivity contribution in [3.05, 3.63) is 24.3 Å². The van der Waals surface area contributed by atoms with Gasteiger partial charge in [0.1, 0.15) is 11.5 Å². The maximum absolute atomic E-state index is 11.8. The lowest BCUT2D eigenvalue weighted by molar-refractivity contribution is -0.0500. The number of hydrogen-bond acceptors (Lipinski definition) is 4. The molecule has 0 aromatic heterocycles. The summed E-state index contributed by atoms with van der Waals surface area (Å²) in [7, 11) is -5.65. The quantitative estimate of drug-likeness (QED) is 0.632. The van der Waals surface area contributed by atoms with Crippen LogP contribution in [0.2, 0.25) is 0 Å². The van der Waals surface area contributed by atoms with Gasteiger partial charge in [0, 0.05) is 0 Å². The van der Waals surface area contributed by atoms with Crippen LogP contribution in [-0.4, -0.2) is 19.0 Å². The molecule has 1 rings (SSSR count). The highest BCUT2D eigenvalue weighted by molar-refractivity contribution is 7.87. The monoisotopic (exact) mass is 242 g/mol. The molecule has 1 aromatic rings. The van der Waals surface area contributed by atoms with E-state index in [0.29, 0.717) is 0 Å². The van der Waals surface area contributed by atoms with Gasteiger partial charge in [0.05, 0.1) is 0 Å². The van der Waals surface area contributed by atoms with Gasteiger partial charge >= 0.3 is 15.6 Å². The van der Waals surface area contributed by atoms with E-state index in [2.05, 4.69) is 4.18 Å². The predicted molar refractivity (Wildman–Crippen MR) is 43.7 cm³/mol. The molecule has 0 aliphatic carbocycles. The van der Waals surface area contributed by atoms with E-state index in [1.165, 1.54) is 0 Å². The maximum Gasteiger partial charge on any atom is 0.534 e. The fourth-order valence-corrected chi connectivity index (χ4v) is 1.13. The maximum atomic E-state index is 11.8. The third kappa shape index (κ3) is 2.75. The van der Waals surface area contributed by atoms with Crippen LogP contribution in [0.1, 0.15) is 0 Å². The number of benzene rings is 1. The Labute approximate surface area is 83.0 Å². The first-order valence-electron chi connectivity index (χ1n) is 3.52. The summed E-state index contributed by atoms with van der Waals surface area (Å²) in [5.41, 5.74) is -5.47. The van der Waals surface area contributed by atoms with Gasteiger partial charge in [-0.15, -0.1) is 0 Å². The van der Waals surface area contributed by atoms with E-state index in [1.807, 2.05) is 0 Å². The molecular formula is C7H5F3O4S. The highest BCUT2D eigenvalue weighted by atomic mass is 32.2. The second-order valence-electron chi connectivity index (χ2n) is 2.48. The average Bonchev–Trinajstić information content (AvgIpc) is 2.06. The molecule has 0 unspecified atom stereocenters. The lowest BCUT2D eigenvalue weighted by Gasteiger charge is -2.08. The van der Waals surface area contributed by atoms with E-state index in [1.54, 1.807) is 0 Å². The van der Waals surface area contributed by atoms with E-state index >= 15 is 0 Å². The van der Waals surface area contributed by atoms with Gasteiger partial charge in [0.15, 0.2) is 0 Å². The van der Waals surface area contributed by atoms with E-state index < -0.39 is 21.4 Å². The van der Waals surface area contributed by atoms with Crippen LogP contribution in [0.15, 0.2) is 24.3 Å². The lowest BCUT2D eigenvalue weighted by atomic mass is 10.3. The first-order valence-corrected chi connectivity index (χ1v) is 4.93. The summed E-state index contributed by atoms with van der Waals surface area (Å²) in [5, 5.41) is 8.79. The van der Waals surface area contributed by atoms with Crippen LogP contribution < -0.4 is 4.18 Å². The number of phenolic OH excluding ortho intramolecular Hbond substituents is 1. The molecule has 8 heteroatoms. The minimum absolute atomic E-state index is 0.216. The number of phenols is 1. The molecule has 0 heterocycles. The van der Waals surface area contributed by atoms with Crippen molar-refractivity contribution in [3.8, 4) is 11.5 Å². The molecule has 1 aromatic carbocycles. The summed E-state index contributed by atoms with van der Waals surface area (Å²) in [5.74, 6) is -0.739. The van der Waals surface area contributed by atoms with Crippen LogP contribution in [0.3, 0.4) is 0 Å². The molecule has 0 amide bonds. The van der Waals surface area contributed by atoms with Crippen molar-refractivity contribution in [2.75, 3.05) is 0 Å². The Morgan fingerprint density at radius 1 is 1.13 bits per heavy atom. The van der Waals surface area contributed by atoms with Gasteiger partial charge in [-0.25, -0.2) is 0 Å². The van der Waals surface area contributed by atoms with Crippen LogP contribution in [0.25, 0.3) is 0 Å². The van der Waals surface area contributed by atoms with E-state index in [0.717, 1.165) is 24.3 Å². The van der Waals surface area contributed by atoms with Gasteiger partial charge in [-0.3, -0.25) is 0 Å². The fraction of sp³-hybridized carbons (Fsp3) is 0.143. The van der Waals surface area contributed by atoms with Gasteiger partial charge in [-0.1, -0.05) is 0 Å². The standard InChI is InChI=1S/C7H5F3O4S/c8-7(9,10)15(12,13)14-6-3-1-5(11)2-4-6/h1-4,11H. The number of aromatic hydroxyl groups is 1. The normalized spacial score (nSPS) is 12.5. The molecule has 4 nitrogen and oxygen atoms in total. The molecule has 0 saturated carbocycles. The Hall–Kier alpha value is -1.44. The largest absolute Gasteiger partial charge is 0.534 e. The highest BCUT2D eigenvalue weighted by Crippen LogP contribution is 2.27. The Morgan fingerprint density at radius 2 is 1.60 bits per heavy atom. The number of hydrogen-bond donors (Lipinski definition) is 1. The molecule has 0 spiro atoms. The molecule has 0 atom stereocenters. The summed E-state index contributed by atoms with van der Waals surface area (Å²) >= 11 is 0. The topological polar surface area (TPSA) is 63.6 Å². The van der Waals surface area contributed by atoms with E-state index in [4.69, 9.17) is 5.11 Å². The summed E-state index contributed by atoms with van der Waals surface area (Å²) in [6, 6.07) is 3.81. The molecule has 0 aliphatic rings. The summed E-state index contributed by atoms with van der Waals surface area (Å²) in [6.45, 7) is 0. The zero-order chi connectivity index (χ0) is 11.7. The molecule has 0 saturated heterocycles. The zero-order valence-electron chi connectivity index (χ0n) is 7.02. The van der Waals surface area contributed by atoms with Crippen molar-refractivity contribution < 1.29 is 30.9 Å². The van der Waals surface area contributed by atoms with Crippen molar-refractivity contribution in [2.24, 2.45) is 0 Å². The van der Waals surface area contributed by atoms with Gasteiger partial charge in [-0.05, 0) is 24.3 Å². The minimum Gasteiger partial charge on any atom is -0.508 e. The molecule has 0 fully saturated rings. The fourth-order valence-electron chi connectivity index (χ4n) is 0.676. The van der Waals surface area contributed by atoms with Gasteiger partial charge in [0.25, 0.3) is 0 Å². The molecule has 1 N–H and O–H groups in total. The predicted octanol–water partition coefficient (Wildman–Crippen LogP) is 1.62. The van der Waals surface area contributed by atoms with Crippen molar-refractivity contribution in [1.29, 1.82) is 0 Å². The molecule has 0 bridgehead atoms. The van der Waals surface area contributed by atoms with Crippen LogP contribution in [0.4, 0.5) is 13.2 Å². The minimum atomic E-state index is -5.65. The zero-order valence-corrected chi connectivity index (χ0v) is 7.84. The average molecular weight is 242 g/mol. The summed E-state index contributed by atoms with van der Waals surface area (Å²) in [4.78, 5) is 0. The third-order valence-corrected chi connectivity index (χ3v) is 2.30.